The van der Waals surface area contributed by atoms with E-state index in [0.29, 0.717) is 0 Å². The molecule has 1 saturated carbocycles. The van der Waals surface area contributed by atoms with Gasteiger partial charge in [0.2, 0.25) is 0 Å². The highest BCUT2D eigenvalue weighted by Crippen LogP contribution is 2.52. The molecule has 0 aromatic heterocycles. The summed E-state index contributed by atoms with van der Waals surface area (Å²) in [4.78, 5) is 5.25. The lowest BCUT2D eigenvalue weighted by Crippen LogP contribution is -2.31. The lowest BCUT2D eigenvalue weighted by atomic mass is 10.0. The van der Waals surface area contributed by atoms with E-state index in [4.69, 9.17) is 4.74 Å². The van der Waals surface area contributed by atoms with Crippen molar-refractivity contribution in [2.75, 3.05) is 45.9 Å². The van der Waals surface area contributed by atoms with Crippen LogP contribution in [-0.2, 0) is 11.3 Å². The molecule has 2 heterocycles. The van der Waals surface area contributed by atoms with Gasteiger partial charge in [-0.2, -0.15) is 0 Å². The molecule has 2 saturated heterocycles. The highest BCUT2D eigenvalue weighted by molar-refractivity contribution is 5.63. The van der Waals surface area contributed by atoms with Gasteiger partial charge >= 0.3 is 0 Å². The summed E-state index contributed by atoms with van der Waals surface area (Å²) < 4.78 is 6.05. The van der Waals surface area contributed by atoms with Crippen LogP contribution in [0.2, 0.25) is 0 Å². The van der Waals surface area contributed by atoms with E-state index in [1.807, 2.05) is 0 Å². The van der Waals surface area contributed by atoms with E-state index in [2.05, 4.69) is 64.4 Å². The number of ether oxygens (including phenoxy) is 1. The Morgan fingerprint density at radius 3 is 2.20 bits per heavy atom. The quantitative estimate of drug-likeness (QED) is 0.552. The molecule has 3 aliphatic rings. The van der Waals surface area contributed by atoms with Gasteiger partial charge in [0.1, 0.15) is 0 Å². The molecule has 0 amide bonds. The summed E-state index contributed by atoms with van der Waals surface area (Å²) in [6, 6.07) is 19.8. The molecule has 2 aliphatic heterocycles. The first-order valence-electron chi connectivity index (χ1n) is 12.0. The summed E-state index contributed by atoms with van der Waals surface area (Å²) in [7, 11) is 0. The van der Waals surface area contributed by atoms with E-state index < -0.39 is 0 Å². The zero-order chi connectivity index (χ0) is 20.2. The topological polar surface area (TPSA) is 15.7 Å². The highest BCUT2D eigenvalue weighted by Gasteiger charge is 2.55. The molecule has 3 nitrogen and oxygen atoms in total. The van der Waals surface area contributed by atoms with Gasteiger partial charge < -0.3 is 9.64 Å². The Balaban J connectivity index is 0.984. The molecule has 0 unspecified atom stereocenters. The van der Waals surface area contributed by atoms with Crippen molar-refractivity contribution in [2.24, 2.45) is 17.8 Å². The van der Waals surface area contributed by atoms with Crippen molar-refractivity contribution in [3.8, 4) is 11.1 Å². The minimum absolute atomic E-state index is 0.830. The molecule has 30 heavy (non-hydrogen) atoms. The van der Waals surface area contributed by atoms with Gasteiger partial charge in [-0.3, -0.25) is 4.90 Å². The van der Waals surface area contributed by atoms with E-state index in [1.54, 1.807) is 0 Å². The van der Waals surface area contributed by atoms with Crippen LogP contribution < -0.4 is 0 Å². The zero-order valence-electron chi connectivity index (χ0n) is 18.2. The summed E-state index contributed by atoms with van der Waals surface area (Å²) in [6.07, 6.45) is 5.40. The van der Waals surface area contributed by atoms with Crippen molar-refractivity contribution in [1.82, 2.24) is 9.80 Å². The molecule has 160 valence electrons. The van der Waals surface area contributed by atoms with Crippen LogP contribution in [0.15, 0.2) is 54.6 Å². The van der Waals surface area contributed by atoms with Crippen molar-refractivity contribution in [2.45, 2.75) is 32.2 Å². The maximum absolute atomic E-state index is 6.05. The van der Waals surface area contributed by atoms with E-state index >= 15 is 0 Å². The summed E-state index contributed by atoms with van der Waals surface area (Å²) in [5.74, 6) is 2.60. The van der Waals surface area contributed by atoms with Gasteiger partial charge in [0.05, 0.1) is 6.61 Å². The zero-order valence-corrected chi connectivity index (χ0v) is 18.2. The van der Waals surface area contributed by atoms with Crippen molar-refractivity contribution in [3.63, 3.8) is 0 Å². The Morgan fingerprint density at radius 2 is 1.47 bits per heavy atom. The number of benzene rings is 2. The maximum Gasteiger partial charge on any atom is 0.0500 e. The molecule has 0 radical (unpaired) electrons. The minimum Gasteiger partial charge on any atom is -0.381 e. The molecule has 0 spiro atoms. The summed E-state index contributed by atoms with van der Waals surface area (Å²) in [5.41, 5.74) is 4.04. The summed E-state index contributed by atoms with van der Waals surface area (Å²) >= 11 is 0. The molecule has 2 aromatic carbocycles. The average Bonchev–Trinajstić information content (AvgIpc) is 3.25. The third-order valence-corrected chi connectivity index (χ3v) is 7.44. The molecule has 3 heteroatoms. The SMILES string of the molecule is c1ccc(-c2ccc(CN3C[C@@H]4[C@@H](COCCCN5CCCCC5)[C@@H]4C3)cc2)cc1. The van der Waals surface area contributed by atoms with Crippen LogP contribution in [-0.4, -0.2) is 55.7 Å². The van der Waals surface area contributed by atoms with Crippen LogP contribution in [0.1, 0.15) is 31.2 Å². The van der Waals surface area contributed by atoms with Crippen molar-refractivity contribution in [1.29, 1.82) is 0 Å². The number of rotatable bonds is 9. The van der Waals surface area contributed by atoms with E-state index in [0.717, 1.165) is 37.5 Å². The normalized spacial score (nSPS) is 26.6. The van der Waals surface area contributed by atoms with E-state index in [-0.39, 0.29) is 0 Å². The number of hydrogen-bond donors (Lipinski definition) is 0. The number of nitrogens with zero attached hydrogens (tertiary/aromatic N) is 2. The number of likely N-dealkylation sites (tertiary alicyclic amines) is 2. The predicted octanol–water partition coefficient (Wildman–Crippen LogP) is 4.92. The van der Waals surface area contributed by atoms with E-state index in [9.17, 15) is 0 Å². The Morgan fingerprint density at radius 1 is 0.767 bits per heavy atom. The fourth-order valence-corrected chi connectivity index (χ4v) is 5.60. The van der Waals surface area contributed by atoms with Crippen LogP contribution in [0.25, 0.3) is 11.1 Å². The molecule has 0 bridgehead atoms. The third kappa shape index (κ3) is 4.96. The standard InChI is InChI=1S/C27H36N2O/c1-3-8-23(9-4-1)24-12-10-22(11-13-24)18-29-19-25-26(20-29)27(25)21-30-17-7-16-28-14-5-2-6-15-28/h1,3-4,8-13,25-27H,2,5-7,14-21H2/t25-,26+,27+. The average molecular weight is 405 g/mol. The second-order valence-corrected chi connectivity index (χ2v) is 9.58. The van der Waals surface area contributed by atoms with Gasteiger partial charge in [-0.25, -0.2) is 0 Å². The van der Waals surface area contributed by atoms with Crippen LogP contribution in [0.4, 0.5) is 0 Å². The Hall–Kier alpha value is -1.68. The molecule has 1 aliphatic carbocycles. The van der Waals surface area contributed by atoms with Crippen molar-refractivity contribution < 1.29 is 4.74 Å². The monoisotopic (exact) mass is 404 g/mol. The lowest BCUT2D eigenvalue weighted by molar-refractivity contribution is 0.0967. The largest absolute Gasteiger partial charge is 0.381 e. The fourth-order valence-electron chi connectivity index (χ4n) is 5.60. The fraction of sp³-hybridized carbons (Fsp3) is 0.556. The molecule has 0 N–H and O–H groups in total. The van der Waals surface area contributed by atoms with E-state index in [1.165, 1.54) is 75.1 Å². The Bertz CT molecular complexity index is 772. The highest BCUT2D eigenvalue weighted by atomic mass is 16.5. The molecule has 3 atom stereocenters. The molecule has 5 rings (SSSR count). The summed E-state index contributed by atoms with van der Waals surface area (Å²) in [5, 5.41) is 0. The third-order valence-electron chi connectivity index (χ3n) is 7.44. The Kier molecular flexibility index (Phi) is 6.50. The van der Waals surface area contributed by atoms with Gasteiger partial charge in [0.15, 0.2) is 0 Å². The van der Waals surface area contributed by atoms with Gasteiger partial charge in [0, 0.05) is 32.8 Å². The van der Waals surface area contributed by atoms with Gasteiger partial charge in [0.25, 0.3) is 0 Å². The van der Waals surface area contributed by atoms with Gasteiger partial charge in [-0.15, -0.1) is 0 Å². The predicted molar refractivity (Wildman–Crippen MR) is 123 cm³/mol. The second-order valence-electron chi connectivity index (χ2n) is 9.58. The molecule has 3 fully saturated rings. The number of piperidine rings is 2. The minimum atomic E-state index is 0.830. The van der Waals surface area contributed by atoms with Gasteiger partial charge in [-0.05, 0) is 66.8 Å². The molecule has 2 aromatic rings. The van der Waals surface area contributed by atoms with Crippen LogP contribution >= 0.6 is 0 Å². The first-order valence-corrected chi connectivity index (χ1v) is 12.0. The number of hydrogen-bond acceptors (Lipinski definition) is 3. The number of fused-ring (bicyclic) bond motifs is 1. The second kappa shape index (κ2) is 9.64. The van der Waals surface area contributed by atoms with Crippen LogP contribution in [0, 0.1) is 17.8 Å². The summed E-state index contributed by atoms with van der Waals surface area (Å²) in [6.45, 7) is 9.38. The van der Waals surface area contributed by atoms with Crippen LogP contribution in [0.3, 0.4) is 0 Å². The van der Waals surface area contributed by atoms with Crippen molar-refractivity contribution >= 4 is 0 Å². The first kappa shape index (κ1) is 20.2. The van der Waals surface area contributed by atoms with Gasteiger partial charge in [-0.1, -0.05) is 61.0 Å². The molecular weight excluding hydrogens is 368 g/mol. The van der Waals surface area contributed by atoms with Crippen LogP contribution in [0.5, 0.6) is 0 Å². The Labute approximate surface area is 182 Å². The smallest absolute Gasteiger partial charge is 0.0500 e. The molecular formula is C27H36N2O. The lowest BCUT2D eigenvalue weighted by Gasteiger charge is -2.26. The van der Waals surface area contributed by atoms with Crippen molar-refractivity contribution in [3.05, 3.63) is 60.2 Å². The maximum atomic E-state index is 6.05. The first-order chi connectivity index (χ1) is 14.9.